The van der Waals surface area contributed by atoms with E-state index in [1.165, 1.54) is 17.0 Å². The van der Waals surface area contributed by atoms with Crippen LogP contribution in [0.4, 0.5) is 10.1 Å². The van der Waals surface area contributed by atoms with Gasteiger partial charge in [0, 0.05) is 12.1 Å². The van der Waals surface area contributed by atoms with Gasteiger partial charge in [0.25, 0.3) is 0 Å². The number of nitrogens with zero attached hydrogens (tertiary/aromatic N) is 1. The zero-order chi connectivity index (χ0) is 16.4. The Balaban J connectivity index is 2.10. The molecule has 0 saturated carbocycles. The first-order valence-corrected chi connectivity index (χ1v) is 7.43. The van der Waals surface area contributed by atoms with E-state index in [2.05, 4.69) is 0 Å². The first kappa shape index (κ1) is 15.2. The molecule has 1 aliphatic heterocycles. The highest BCUT2D eigenvalue weighted by Crippen LogP contribution is 2.39. The van der Waals surface area contributed by atoms with Gasteiger partial charge in [-0.1, -0.05) is 30.3 Å². The number of piperidine rings is 1. The molecule has 1 amide bonds. The number of hydrogen-bond acceptors (Lipinski definition) is 2. The predicted molar refractivity (Wildman–Crippen MR) is 83.4 cm³/mol. The Labute approximate surface area is 133 Å². The fraction of sp³-hybridized carbons (Fsp3) is 0.222. The van der Waals surface area contributed by atoms with Gasteiger partial charge in [-0.05, 0) is 36.2 Å². The third kappa shape index (κ3) is 2.95. The van der Waals surface area contributed by atoms with Gasteiger partial charge in [-0.3, -0.25) is 9.59 Å². The molecule has 0 bridgehead atoms. The molecule has 0 spiro atoms. The Hall–Kier alpha value is -2.69. The number of carboxylic acids is 1. The Morgan fingerprint density at radius 3 is 2.35 bits per heavy atom. The average Bonchev–Trinajstić information content (AvgIpc) is 2.56. The van der Waals surface area contributed by atoms with Gasteiger partial charge >= 0.3 is 5.97 Å². The van der Waals surface area contributed by atoms with E-state index in [0.29, 0.717) is 11.3 Å². The van der Waals surface area contributed by atoms with Crippen LogP contribution in [0, 0.1) is 11.7 Å². The summed E-state index contributed by atoms with van der Waals surface area (Å²) in [5.74, 6) is -2.19. The largest absolute Gasteiger partial charge is 0.481 e. The van der Waals surface area contributed by atoms with E-state index in [-0.39, 0.29) is 18.7 Å². The number of hydrogen-bond donors (Lipinski definition) is 1. The van der Waals surface area contributed by atoms with Crippen LogP contribution in [0.1, 0.15) is 24.4 Å². The van der Waals surface area contributed by atoms with E-state index in [9.17, 15) is 19.1 Å². The molecule has 1 saturated heterocycles. The highest BCUT2D eigenvalue weighted by Gasteiger charge is 2.41. The van der Waals surface area contributed by atoms with Crippen molar-refractivity contribution in [3.63, 3.8) is 0 Å². The second-order valence-electron chi connectivity index (χ2n) is 5.58. The minimum Gasteiger partial charge on any atom is -0.481 e. The number of carboxylic acid groups (broad SMARTS) is 1. The van der Waals surface area contributed by atoms with Crippen LogP contribution in [0.5, 0.6) is 0 Å². The minimum atomic E-state index is -0.951. The lowest BCUT2D eigenvalue weighted by Crippen LogP contribution is -2.45. The third-order valence-electron chi connectivity index (χ3n) is 4.16. The summed E-state index contributed by atoms with van der Waals surface area (Å²) in [5, 5.41) is 9.56. The van der Waals surface area contributed by atoms with E-state index in [4.69, 9.17) is 0 Å². The van der Waals surface area contributed by atoms with Crippen LogP contribution in [0.25, 0.3) is 0 Å². The molecule has 1 N–H and O–H groups in total. The first-order chi connectivity index (χ1) is 11.1. The molecule has 4 nitrogen and oxygen atoms in total. The molecule has 2 aromatic rings. The SMILES string of the molecule is O=C(O)[C@H]1CCC(=O)N(c2ccccc2)[C@@H]1c1ccc(F)cc1. The Morgan fingerprint density at radius 1 is 1.09 bits per heavy atom. The third-order valence-corrected chi connectivity index (χ3v) is 4.16. The molecule has 3 rings (SSSR count). The summed E-state index contributed by atoms with van der Waals surface area (Å²) in [6.45, 7) is 0. The van der Waals surface area contributed by atoms with Gasteiger partial charge in [0.1, 0.15) is 5.82 Å². The highest BCUT2D eigenvalue weighted by molar-refractivity contribution is 5.96. The van der Waals surface area contributed by atoms with Crippen LogP contribution in [0.3, 0.4) is 0 Å². The van der Waals surface area contributed by atoms with Crippen molar-refractivity contribution >= 4 is 17.6 Å². The Bertz CT molecular complexity index is 715. The van der Waals surface area contributed by atoms with Crippen molar-refractivity contribution in [2.24, 2.45) is 5.92 Å². The maximum Gasteiger partial charge on any atom is 0.308 e. The number of anilines is 1. The van der Waals surface area contributed by atoms with E-state index in [1.54, 1.807) is 36.4 Å². The fourth-order valence-electron chi connectivity index (χ4n) is 3.09. The van der Waals surface area contributed by atoms with Gasteiger partial charge in [-0.15, -0.1) is 0 Å². The lowest BCUT2D eigenvalue weighted by atomic mass is 9.84. The summed E-state index contributed by atoms with van der Waals surface area (Å²) in [6.07, 6.45) is 0.461. The van der Waals surface area contributed by atoms with E-state index >= 15 is 0 Å². The molecule has 0 unspecified atom stereocenters. The number of carbonyl (C=O) groups excluding carboxylic acids is 1. The van der Waals surface area contributed by atoms with Gasteiger partial charge in [-0.2, -0.15) is 0 Å². The van der Waals surface area contributed by atoms with Crippen molar-refractivity contribution < 1.29 is 19.1 Å². The monoisotopic (exact) mass is 313 g/mol. The second-order valence-corrected chi connectivity index (χ2v) is 5.58. The number of para-hydroxylation sites is 1. The molecule has 0 aliphatic carbocycles. The smallest absolute Gasteiger partial charge is 0.308 e. The number of rotatable bonds is 3. The number of halogens is 1. The van der Waals surface area contributed by atoms with Crippen molar-refractivity contribution in [1.29, 1.82) is 0 Å². The molecule has 0 radical (unpaired) electrons. The van der Waals surface area contributed by atoms with Crippen molar-refractivity contribution in [1.82, 2.24) is 0 Å². The molecule has 2 aromatic carbocycles. The molecule has 1 aliphatic rings. The summed E-state index contributed by atoms with van der Waals surface area (Å²) < 4.78 is 13.2. The van der Waals surface area contributed by atoms with Crippen molar-refractivity contribution in [2.45, 2.75) is 18.9 Å². The molecule has 1 fully saturated rings. The molecule has 1 heterocycles. The van der Waals surface area contributed by atoms with Crippen molar-refractivity contribution in [2.75, 3.05) is 4.90 Å². The Kier molecular flexibility index (Phi) is 4.10. The average molecular weight is 313 g/mol. The summed E-state index contributed by atoms with van der Waals surface area (Å²) in [6, 6.07) is 14.0. The lowest BCUT2D eigenvalue weighted by molar-refractivity contribution is -0.144. The topological polar surface area (TPSA) is 57.6 Å². The molecule has 0 aromatic heterocycles. The van der Waals surface area contributed by atoms with Crippen molar-refractivity contribution in [3.05, 3.63) is 66.0 Å². The maximum absolute atomic E-state index is 13.2. The minimum absolute atomic E-state index is 0.122. The predicted octanol–water partition coefficient (Wildman–Crippen LogP) is 3.39. The van der Waals surface area contributed by atoms with E-state index in [1.807, 2.05) is 6.07 Å². The van der Waals surface area contributed by atoms with Crippen LogP contribution in [0.2, 0.25) is 0 Å². The first-order valence-electron chi connectivity index (χ1n) is 7.43. The quantitative estimate of drug-likeness (QED) is 0.945. The molecule has 5 heteroatoms. The van der Waals surface area contributed by atoms with E-state index < -0.39 is 23.7 Å². The van der Waals surface area contributed by atoms with Crippen molar-refractivity contribution in [3.8, 4) is 0 Å². The molecular weight excluding hydrogens is 297 g/mol. The standard InChI is InChI=1S/C18H16FNO3/c19-13-8-6-12(7-9-13)17-15(18(22)23)10-11-16(21)20(17)14-4-2-1-3-5-14/h1-9,15,17H,10-11H2,(H,22,23)/t15-,17+/m0/s1. The lowest BCUT2D eigenvalue weighted by Gasteiger charge is -2.39. The summed E-state index contributed by atoms with van der Waals surface area (Å²) in [7, 11) is 0. The van der Waals surface area contributed by atoms with Gasteiger partial charge in [0.2, 0.25) is 5.91 Å². The summed E-state index contributed by atoms with van der Waals surface area (Å²) in [4.78, 5) is 25.7. The van der Waals surface area contributed by atoms with Gasteiger partial charge in [0.15, 0.2) is 0 Å². The molecule has 2 atom stereocenters. The molecular formula is C18H16FNO3. The second kappa shape index (κ2) is 6.20. The Morgan fingerprint density at radius 2 is 1.74 bits per heavy atom. The normalized spacial score (nSPS) is 21.3. The zero-order valence-corrected chi connectivity index (χ0v) is 12.4. The molecule has 23 heavy (non-hydrogen) atoms. The van der Waals surface area contributed by atoms with Crippen LogP contribution in [-0.2, 0) is 9.59 Å². The van der Waals surface area contributed by atoms with Gasteiger partial charge in [0.05, 0.1) is 12.0 Å². The number of amides is 1. The number of benzene rings is 2. The van der Waals surface area contributed by atoms with Crippen LogP contribution >= 0.6 is 0 Å². The summed E-state index contributed by atoms with van der Waals surface area (Å²) in [5.41, 5.74) is 1.27. The van der Waals surface area contributed by atoms with Gasteiger partial charge in [-0.25, -0.2) is 4.39 Å². The number of aliphatic carboxylic acids is 1. The maximum atomic E-state index is 13.2. The number of carbonyl (C=O) groups is 2. The van der Waals surface area contributed by atoms with Gasteiger partial charge < -0.3 is 10.0 Å². The van der Waals surface area contributed by atoms with Crippen LogP contribution < -0.4 is 4.90 Å². The van der Waals surface area contributed by atoms with Crippen LogP contribution in [0.15, 0.2) is 54.6 Å². The zero-order valence-electron chi connectivity index (χ0n) is 12.4. The summed E-state index contributed by atoms with van der Waals surface area (Å²) >= 11 is 0. The van der Waals surface area contributed by atoms with Crippen LogP contribution in [-0.4, -0.2) is 17.0 Å². The van der Waals surface area contributed by atoms with E-state index in [0.717, 1.165) is 0 Å². The fourth-order valence-corrected chi connectivity index (χ4v) is 3.09. The molecule has 118 valence electrons. The highest BCUT2D eigenvalue weighted by atomic mass is 19.1.